The van der Waals surface area contributed by atoms with E-state index in [1.54, 1.807) is 0 Å². The smallest absolute Gasteiger partial charge is 0.282 e. The van der Waals surface area contributed by atoms with Gasteiger partial charge < -0.3 is 0 Å². The molecule has 19 heavy (non-hydrogen) atoms. The zero-order chi connectivity index (χ0) is 14.4. The predicted octanol–water partition coefficient (Wildman–Crippen LogP) is 1.89. The Bertz CT molecular complexity index is 868. The summed E-state index contributed by atoms with van der Waals surface area (Å²) in [7, 11) is -9.28. The Kier molecular flexibility index (Phi) is 3.27. The quantitative estimate of drug-likeness (QED) is 0.818. The fourth-order valence-corrected chi connectivity index (χ4v) is 3.43. The maximum absolute atomic E-state index is 11.3. The maximum Gasteiger partial charge on any atom is 0.295 e. The van der Waals surface area contributed by atoms with E-state index in [-0.39, 0.29) is 15.7 Å². The lowest BCUT2D eigenvalue weighted by molar-refractivity contribution is 0.482. The van der Waals surface area contributed by atoms with Crippen molar-refractivity contribution in [2.24, 2.45) is 0 Å². The zero-order valence-electron chi connectivity index (χ0n) is 9.14. The summed E-state index contributed by atoms with van der Waals surface area (Å²) >= 11 is 4.96. The third-order valence-electron chi connectivity index (χ3n) is 2.45. The number of fused-ring (bicyclic) bond motifs is 1. The molecular formula is C10H7O6S3. The molecule has 6 nitrogen and oxygen atoms in total. The van der Waals surface area contributed by atoms with Crippen molar-refractivity contribution in [3.63, 3.8) is 0 Å². The Morgan fingerprint density at radius 3 is 2.11 bits per heavy atom. The van der Waals surface area contributed by atoms with Crippen molar-refractivity contribution >= 4 is 43.6 Å². The molecular weight excluding hydrogens is 312 g/mol. The molecule has 2 N–H and O–H groups in total. The monoisotopic (exact) mass is 319 g/mol. The zero-order valence-corrected chi connectivity index (χ0v) is 11.6. The third-order valence-corrected chi connectivity index (χ3v) is 4.50. The van der Waals surface area contributed by atoms with Gasteiger partial charge in [-0.2, -0.15) is 16.8 Å². The Morgan fingerprint density at radius 2 is 1.58 bits per heavy atom. The Balaban J connectivity index is 3.07. The van der Waals surface area contributed by atoms with E-state index < -0.39 is 30.0 Å². The molecule has 0 atom stereocenters. The van der Waals surface area contributed by atoms with Crippen molar-refractivity contribution < 1.29 is 25.9 Å². The van der Waals surface area contributed by atoms with Crippen LogP contribution in [0.4, 0.5) is 0 Å². The van der Waals surface area contributed by atoms with Crippen molar-refractivity contribution in [2.75, 3.05) is 0 Å². The molecule has 0 aromatic heterocycles. The van der Waals surface area contributed by atoms with Crippen molar-refractivity contribution in [1.82, 2.24) is 0 Å². The first-order valence-electron chi connectivity index (χ1n) is 4.79. The molecule has 101 valence electrons. The largest absolute Gasteiger partial charge is 0.295 e. The van der Waals surface area contributed by atoms with Gasteiger partial charge in [0.25, 0.3) is 20.2 Å². The van der Waals surface area contributed by atoms with Crippen LogP contribution in [0.3, 0.4) is 0 Å². The standard InChI is InChI=1S/C10H7O6S3/c11-18(12,13)7-4-6-2-1-3-8(17)10(6)9(5-7)19(14,15)16/h1-5H,(H,11,12,13)(H,14,15,16). The summed E-state index contributed by atoms with van der Waals surface area (Å²) in [6.45, 7) is 0. The molecule has 2 aromatic carbocycles. The van der Waals surface area contributed by atoms with Gasteiger partial charge in [0.15, 0.2) is 0 Å². The average molecular weight is 319 g/mol. The highest BCUT2D eigenvalue weighted by molar-refractivity contribution is 7.87. The van der Waals surface area contributed by atoms with Gasteiger partial charge in [0, 0.05) is 10.3 Å². The minimum Gasteiger partial charge on any atom is -0.282 e. The van der Waals surface area contributed by atoms with Gasteiger partial charge in [0.1, 0.15) is 4.90 Å². The minimum atomic E-state index is -4.68. The van der Waals surface area contributed by atoms with Gasteiger partial charge in [-0.15, -0.1) is 0 Å². The van der Waals surface area contributed by atoms with E-state index >= 15 is 0 Å². The molecule has 0 aliphatic heterocycles. The first-order chi connectivity index (χ1) is 8.60. The summed E-state index contributed by atoms with van der Waals surface area (Å²) in [6, 6.07) is 6.12. The fourth-order valence-electron chi connectivity index (χ4n) is 1.68. The lowest BCUT2D eigenvalue weighted by Gasteiger charge is -2.08. The molecule has 0 aliphatic carbocycles. The maximum atomic E-state index is 11.3. The molecule has 0 saturated carbocycles. The molecule has 0 heterocycles. The van der Waals surface area contributed by atoms with Gasteiger partial charge in [0.05, 0.1) is 4.90 Å². The summed E-state index contributed by atoms with van der Waals surface area (Å²) in [5.41, 5.74) is 0. The van der Waals surface area contributed by atoms with Crippen LogP contribution in [0, 0.1) is 0 Å². The topological polar surface area (TPSA) is 109 Å². The van der Waals surface area contributed by atoms with E-state index in [4.69, 9.17) is 21.7 Å². The second-order valence-corrected chi connectivity index (χ2v) is 6.98. The Labute approximate surface area is 115 Å². The third kappa shape index (κ3) is 2.69. The molecule has 0 unspecified atom stereocenters. The van der Waals surface area contributed by atoms with Gasteiger partial charge in [-0.1, -0.05) is 24.8 Å². The van der Waals surface area contributed by atoms with Crippen LogP contribution in [0.1, 0.15) is 0 Å². The minimum absolute atomic E-state index is 0.0346. The summed E-state index contributed by atoms with van der Waals surface area (Å²) in [5.74, 6) is 0. The summed E-state index contributed by atoms with van der Waals surface area (Å²) < 4.78 is 62.9. The molecule has 1 radical (unpaired) electrons. The van der Waals surface area contributed by atoms with Gasteiger partial charge in [-0.25, -0.2) is 0 Å². The highest BCUT2D eigenvalue weighted by Gasteiger charge is 2.21. The molecule has 0 spiro atoms. The van der Waals surface area contributed by atoms with E-state index in [9.17, 15) is 16.8 Å². The van der Waals surface area contributed by atoms with Crippen molar-refractivity contribution in [1.29, 1.82) is 0 Å². The molecule has 0 aliphatic rings. The van der Waals surface area contributed by atoms with Crippen LogP contribution in [0.25, 0.3) is 10.8 Å². The van der Waals surface area contributed by atoms with Crippen molar-refractivity contribution in [2.45, 2.75) is 14.7 Å². The molecule has 0 fully saturated rings. The number of hydrogen-bond donors (Lipinski definition) is 2. The van der Waals surface area contributed by atoms with Gasteiger partial charge >= 0.3 is 0 Å². The highest BCUT2D eigenvalue weighted by atomic mass is 32.2. The van der Waals surface area contributed by atoms with E-state index in [2.05, 4.69) is 0 Å². The van der Waals surface area contributed by atoms with E-state index in [1.807, 2.05) is 0 Å². The van der Waals surface area contributed by atoms with Crippen LogP contribution in [0.15, 0.2) is 45.0 Å². The number of rotatable bonds is 2. The second-order valence-electron chi connectivity index (χ2n) is 3.73. The first-order valence-corrected chi connectivity index (χ1v) is 8.08. The van der Waals surface area contributed by atoms with Gasteiger partial charge in [-0.3, -0.25) is 9.11 Å². The molecule has 0 bridgehead atoms. The average Bonchev–Trinajstić information content (AvgIpc) is 2.25. The van der Waals surface area contributed by atoms with Crippen LogP contribution in [-0.2, 0) is 20.2 Å². The van der Waals surface area contributed by atoms with E-state index in [1.165, 1.54) is 18.2 Å². The first kappa shape index (κ1) is 14.2. The number of benzene rings is 2. The normalized spacial score (nSPS) is 12.7. The second kappa shape index (κ2) is 4.39. The van der Waals surface area contributed by atoms with Crippen molar-refractivity contribution in [3.05, 3.63) is 30.3 Å². The van der Waals surface area contributed by atoms with Gasteiger partial charge in [0.2, 0.25) is 0 Å². The molecule has 9 heteroatoms. The molecule has 0 saturated heterocycles. The van der Waals surface area contributed by atoms with Crippen LogP contribution >= 0.6 is 12.6 Å². The molecule has 2 rings (SSSR count). The lowest BCUT2D eigenvalue weighted by atomic mass is 10.1. The van der Waals surface area contributed by atoms with Crippen LogP contribution in [0.5, 0.6) is 0 Å². The van der Waals surface area contributed by atoms with Crippen LogP contribution in [0.2, 0.25) is 0 Å². The van der Waals surface area contributed by atoms with E-state index in [0.29, 0.717) is 6.07 Å². The fraction of sp³-hybridized carbons (Fsp3) is 0. The number of hydrogen-bond acceptors (Lipinski definition) is 4. The van der Waals surface area contributed by atoms with Crippen LogP contribution in [-0.4, -0.2) is 25.9 Å². The Hall–Kier alpha value is -1.26. The molecule has 0 amide bonds. The summed E-state index contributed by atoms with van der Waals surface area (Å²) in [6.07, 6.45) is 0. The van der Waals surface area contributed by atoms with E-state index in [0.717, 1.165) is 6.07 Å². The van der Waals surface area contributed by atoms with Crippen molar-refractivity contribution in [3.8, 4) is 0 Å². The Morgan fingerprint density at radius 1 is 0.947 bits per heavy atom. The van der Waals surface area contributed by atoms with Gasteiger partial charge in [-0.05, 0) is 23.6 Å². The molecule has 2 aromatic rings. The highest BCUT2D eigenvalue weighted by Crippen LogP contribution is 2.31. The summed E-state index contributed by atoms with van der Waals surface area (Å²) in [5, 5.41) is 0.225. The summed E-state index contributed by atoms with van der Waals surface area (Å²) in [4.78, 5) is -1.14. The predicted molar refractivity (Wildman–Crippen MR) is 69.4 cm³/mol. The lowest BCUT2D eigenvalue weighted by Crippen LogP contribution is -2.04. The van der Waals surface area contributed by atoms with Crippen LogP contribution < -0.4 is 0 Å². The SMILES string of the molecule is O=S(=O)(O)c1cc(S(=O)(=O)O)c2c([S])cccc2c1.